The Morgan fingerprint density at radius 3 is 1.64 bits per heavy atom. The second-order valence-corrected chi connectivity index (χ2v) is 25.2. The summed E-state index contributed by atoms with van der Waals surface area (Å²) in [6, 6.07) is 96.2. The molecule has 3 aromatic heterocycles. The maximum atomic E-state index is 10.4. The van der Waals surface area contributed by atoms with Gasteiger partial charge in [0.1, 0.15) is 0 Å². The van der Waals surface area contributed by atoms with Crippen LogP contribution in [0.15, 0.2) is 249 Å². The normalized spacial score (nSPS) is 12.7. The molecule has 5 heterocycles. The Morgan fingerprint density at radius 2 is 1.00 bits per heavy atom. The van der Waals surface area contributed by atoms with Gasteiger partial charge in [-0.25, -0.2) is 0 Å². The van der Waals surface area contributed by atoms with Crippen LogP contribution in [-0.2, 0) is 11.8 Å². The van der Waals surface area contributed by atoms with Crippen LogP contribution in [0.3, 0.4) is 0 Å². The fraction of sp³-hybridized carbons (Fsp3) is 0.0633. The average Bonchev–Trinajstić information content (AvgIpc) is 0.998. The van der Waals surface area contributed by atoms with Gasteiger partial charge >= 0.3 is 0 Å². The summed E-state index contributed by atoms with van der Waals surface area (Å²) in [6.45, 7) is 6.69. The van der Waals surface area contributed by atoms with Gasteiger partial charge in [-0.1, -0.05) is 196 Å². The molecule has 0 radical (unpaired) electrons. The van der Waals surface area contributed by atoms with Gasteiger partial charge in [-0.2, -0.15) is 10.5 Å². The third-order valence-corrected chi connectivity index (χ3v) is 19.6. The fourth-order valence-corrected chi connectivity index (χ4v) is 15.8. The number of nitrogens with zero attached hydrogens (tertiary/aromatic N) is 5. The monoisotopic (exact) mass is 1110 g/mol. The summed E-state index contributed by atoms with van der Waals surface area (Å²) in [7, 11) is 0. The molecule has 5 nitrogen and oxygen atoms in total. The van der Waals surface area contributed by atoms with Crippen LogP contribution in [0, 0.1) is 22.7 Å². The van der Waals surface area contributed by atoms with Crippen LogP contribution in [0.2, 0.25) is 0 Å². The van der Waals surface area contributed by atoms with E-state index in [-0.39, 0.29) is 12.1 Å². The Morgan fingerprint density at radius 1 is 0.430 bits per heavy atom. The first-order chi connectivity index (χ1) is 42.2. The molecular formula is C79H52BN5S. The standard InChI is InChI=1S/C79H52BN5S/c1-79(2,3)56-33-31-50(32-34-56)53-41-55-42-54-43-57(83-66-26-13-10-21-60(66)63-39-48(46-81)29-37-68(63)83)35-36-65(54)80-75(55)71(44-53)85(77-58(51-17-6-4-7-18-51)24-16-25-59(77)52-19-8-5-9-20-52)72-45-70(74-62-23-12-15-28-73(62)86-78(74)76(72)80)84-67-27-14-11-22-61(67)64-40-49(47-82)30-38-69(64)84/h4-41,43-45H,42H2,1-3H3. The van der Waals surface area contributed by atoms with E-state index in [1.165, 1.54) is 64.4 Å². The van der Waals surface area contributed by atoms with E-state index in [0.717, 1.165) is 101 Å². The van der Waals surface area contributed by atoms with Crippen LogP contribution in [0.1, 0.15) is 48.6 Å². The van der Waals surface area contributed by atoms with Gasteiger partial charge in [-0.3, -0.25) is 0 Å². The quantitative estimate of drug-likeness (QED) is 0.156. The van der Waals surface area contributed by atoms with Gasteiger partial charge in [0.2, 0.25) is 6.71 Å². The van der Waals surface area contributed by atoms with Crippen molar-refractivity contribution in [3.8, 4) is 56.9 Å². The SMILES string of the molecule is CC(C)(C)c1ccc(-c2cc3c4c(c2)N(c2c(-c5ccccc5)cccc2-c2ccccc2)c2cc(-n5c6ccccc6c6cc(C#N)ccc65)c5c(sc6ccccc65)c2B4c2ccc(-n4c5ccccc5c5cc(C#N)ccc54)cc2C3)cc1. The Bertz CT molecular complexity index is 5400. The van der Waals surface area contributed by atoms with Gasteiger partial charge in [-0.15, -0.1) is 11.3 Å². The van der Waals surface area contributed by atoms with Crippen molar-refractivity contribution in [2.75, 3.05) is 4.90 Å². The summed E-state index contributed by atoms with van der Waals surface area (Å²) in [5.74, 6) is 0. The zero-order valence-electron chi connectivity index (χ0n) is 47.6. The molecule has 402 valence electrons. The molecule has 0 fully saturated rings. The van der Waals surface area contributed by atoms with Crippen LogP contribution in [0.4, 0.5) is 17.1 Å². The molecule has 0 saturated heterocycles. The Labute approximate surface area is 502 Å². The van der Waals surface area contributed by atoms with E-state index in [1.54, 1.807) is 0 Å². The predicted molar refractivity (Wildman–Crippen MR) is 361 cm³/mol. The van der Waals surface area contributed by atoms with E-state index < -0.39 is 0 Å². The lowest BCUT2D eigenvalue weighted by Gasteiger charge is -2.43. The van der Waals surface area contributed by atoms with E-state index in [9.17, 15) is 10.5 Å². The molecule has 0 N–H and O–H groups in total. The summed E-state index contributed by atoms with van der Waals surface area (Å²) in [5.41, 5.74) is 25.8. The highest BCUT2D eigenvalue weighted by atomic mass is 32.1. The van der Waals surface area contributed by atoms with Crippen LogP contribution in [-0.4, -0.2) is 15.8 Å². The molecule has 0 bridgehead atoms. The van der Waals surface area contributed by atoms with Crippen molar-refractivity contribution in [2.45, 2.75) is 32.6 Å². The number of aromatic nitrogens is 2. The van der Waals surface area contributed by atoms with Crippen LogP contribution in [0.25, 0.3) is 109 Å². The third-order valence-electron chi connectivity index (χ3n) is 18.4. The van der Waals surface area contributed by atoms with E-state index in [4.69, 9.17) is 0 Å². The summed E-state index contributed by atoms with van der Waals surface area (Å²) >= 11 is 1.90. The van der Waals surface area contributed by atoms with Crippen molar-refractivity contribution in [2.24, 2.45) is 0 Å². The maximum absolute atomic E-state index is 10.4. The van der Waals surface area contributed by atoms with Crippen molar-refractivity contribution in [3.63, 3.8) is 0 Å². The molecule has 0 saturated carbocycles. The number of para-hydroxylation sites is 3. The number of nitriles is 2. The highest BCUT2D eigenvalue weighted by Crippen LogP contribution is 2.52. The smallest absolute Gasteiger partial charge is 0.249 e. The van der Waals surface area contributed by atoms with Gasteiger partial charge in [0.15, 0.2) is 0 Å². The number of rotatable bonds is 6. The highest BCUT2D eigenvalue weighted by Gasteiger charge is 2.44. The molecular weight excluding hydrogens is 1060 g/mol. The van der Waals surface area contributed by atoms with Crippen LogP contribution in [0.5, 0.6) is 0 Å². The third kappa shape index (κ3) is 7.42. The van der Waals surface area contributed by atoms with Gasteiger partial charge < -0.3 is 14.0 Å². The Hall–Kier alpha value is -10.7. The summed E-state index contributed by atoms with van der Waals surface area (Å²) < 4.78 is 7.35. The van der Waals surface area contributed by atoms with Gasteiger partial charge in [0.25, 0.3) is 0 Å². The molecule has 17 rings (SSSR count). The summed E-state index contributed by atoms with van der Waals surface area (Å²) in [4.78, 5) is 2.67. The van der Waals surface area contributed by atoms with Crippen molar-refractivity contribution >= 4 is 115 Å². The minimum atomic E-state index is -0.164. The molecule has 0 aliphatic carbocycles. The minimum Gasteiger partial charge on any atom is -0.310 e. The van der Waals surface area contributed by atoms with Crippen LogP contribution >= 0.6 is 11.3 Å². The maximum Gasteiger partial charge on any atom is 0.249 e. The van der Waals surface area contributed by atoms with Crippen molar-refractivity contribution in [1.29, 1.82) is 10.5 Å². The first kappa shape index (κ1) is 49.9. The second-order valence-electron chi connectivity index (χ2n) is 24.2. The first-order valence-corrected chi connectivity index (χ1v) is 30.3. The topological polar surface area (TPSA) is 60.7 Å². The predicted octanol–water partition coefficient (Wildman–Crippen LogP) is 18.5. The molecule has 2 aliphatic heterocycles. The second kappa shape index (κ2) is 18.9. The molecule has 86 heavy (non-hydrogen) atoms. The fourth-order valence-electron chi connectivity index (χ4n) is 14.5. The summed E-state index contributed by atoms with van der Waals surface area (Å²) in [6.07, 6.45) is 0.723. The molecule has 0 unspecified atom stereocenters. The van der Waals surface area contributed by atoms with E-state index in [2.05, 4.69) is 277 Å². The summed E-state index contributed by atoms with van der Waals surface area (Å²) in [5, 5.41) is 27.2. The Kier molecular flexibility index (Phi) is 11.0. The number of thiophene rings is 1. The number of anilines is 3. The average molecular weight is 1110 g/mol. The first-order valence-electron chi connectivity index (χ1n) is 29.5. The van der Waals surface area contributed by atoms with Crippen molar-refractivity contribution < 1.29 is 0 Å². The van der Waals surface area contributed by atoms with E-state index in [1.807, 2.05) is 29.5 Å². The lowest BCUT2D eigenvalue weighted by Crippen LogP contribution is -2.61. The zero-order valence-corrected chi connectivity index (χ0v) is 48.4. The van der Waals surface area contributed by atoms with Crippen molar-refractivity contribution in [3.05, 3.63) is 277 Å². The lowest BCUT2D eigenvalue weighted by atomic mass is 9.32. The number of hydrogen-bond acceptors (Lipinski definition) is 4. The van der Waals surface area contributed by atoms with E-state index in [0.29, 0.717) is 11.1 Å². The largest absolute Gasteiger partial charge is 0.310 e. The molecule has 15 aromatic rings. The van der Waals surface area contributed by atoms with Crippen LogP contribution < -0.4 is 21.3 Å². The van der Waals surface area contributed by atoms with Gasteiger partial charge in [0, 0.05) is 69.9 Å². The van der Waals surface area contributed by atoms with Gasteiger partial charge in [-0.05, 0) is 141 Å². The van der Waals surface area contributed by atoms with Gasteiger partial charge in [0.05, 0.1) is 56.7 Å². The molecule has 0 spiro atoms. The molecule has 7 heteroatoms. The highest BCUT2D eigenvalue weighted by molar-refractivity contribution is 7.28. The molecule has 2 aliphatic rings. The minimum absolute atomic E-state index is 0.0110. The molecule has 0 amide bonds. The Balaban J connectivity index is 1.04. The lowest BCUT2D eigenvalue weighted by molar-refractivity contribution is 0.590. The number of fused-ring (bicyclic) bond motifs is 14. The molecule has 0 atom stereocenters. The number of benzene rings is 12. The van der Waals surface area contributed by atoms with Crippen molar-refractivity contribution in [1.82, 2.24) is 9.13 Å². The van der Waals surface area contributed by atoms with E-state index >= 15 is 0 Å². The molecule has 12 aromatic carbocycles. The zero-order chi connectivity index (χ0) is 57.5. The number of hydrogen-bond donors (Lipinski definition) is 0.